The molecule has 1 saturated carbocycles. The highest BCUT2D eigenvalue weighted by Crippen LogP contribution is 2.31. The van der Waals surface area contributed by atoms with E-state index in [4.69, 9.17) is 4.52 Å². The molecule has 1 unspecified atom stereocenters. The fourth-order valence-electron chi connectivity index (χ4n) is 2.07. The van der Waals surface area contributed by atoms with Crippen LogP contribution in [-0.4, -0.2) is 17.2 Å². The molecule has 15 heavy (non-hydrogen) atoms. The van der Waals surface area contributed by atoms with Crippen molar-refractivity contribution in [3.8, 4) is 0 Å². The molecule has 2 rings (SSSR count). The van der Waals surface area contributed by atoms with Crippen molar-refractivity contribution in [2.45, 2.75) is 51.0 Å². The Morgan fingerprint density at radius 2 is 2.07 bits per heavy atom. The average Bonchev–Trinajstić information content (AvgIpc) is 2.78. The zero-order chi connectivity index (χ0) is 10.7. The van der Waals surface area contributed by atoms with E-state index < -0.39 is 0 Å². The van der Waals surface area contributed by atoms with E-state index in [2.05, 4.69) is 15.5 Å². The van der Waals surface area contributed by atoms with Gasteiger partial charge in [-0.15, -0.1) is 0 Å². The molecule has 0 radical (unpaired) electrons. The Morgan fingerprint density at radius 3 is 2.73 bits per heavy atom. The molecule has 84 valence electrons. The van der Waals surface area contributed by atoms with Crippen molar-refractivity contribution in [1.29, 1.82) is 0 Å². The third kappa shape index (κ3) is 2.37. The lowest BCUT2D eigenvalue weighted by molar-refractivity contribution is 0.310. The molecule has 0 aromatic carbocycles. The van der Waals surface area contributed by atoms with Crippen molar-refractivity contribution in [1.82, 2.24) is 15.5 Å². The molecule has 1 N–H and O–H groups in total. The van der Waals surface area contributed by atoms with Crippen LogP contribution in [0.3, 0.4) is 0 Å². The summed E-state index contributed by atoms with van der Waals surface area (Å²) < 4.78 is 5.33. The third-order valence-electron chi connectivity index (χ3n) is 3.23. The van der Waals surface area contributed by atoms with Crippen LogP contribution in [0, 0.1) is 0 Å². The lowest BCUT2D eigenvalue weighted by Gasteiger charge is -2.17. The smallest absolute Gasteiger partial charge is 0.229 e. The SMILES string of the molecule is CNC(C)c1noc(C2CCCCC2)n1. The van der Waals surface area contributed by atoms with E-state index in [1.807, 2.05) is 14.0 Å². The second kappa shape index (κ2) is 4.75. The van der Waals surface area contributed by atoms with Gasteiger partial charge >= 0.3 is 0 Å². The first-order valence-electron chi connectivity index (χ1n) is 5.82. The minimum absolute atomic E-state index is 0.172. The van der Waals surface area contributed by atoms with E-state index in [-0.39, 0.29) is 6.04 Å². The van der Waals surface area contributed by atoms with Crippen molar-refractivity contribution in [2.75, 3.05) is 7.05 Å². The van der Waals surface area contributed by atoms with Gasteiger partial charge in [-0.25, -0.2) is 0 Å². The molecule has 4 nitrogen and oxygen atoms in total. The molecule has 0 spiro atoms. The number of aromatic nitrogens is 2. The Labute approximate surface area is 90.4 Å². The van der Waals surface area contributed by atoms with Gasteiger partial charge in [-0.05, 0) is 26.8 Å². The van der Waals surface area contributed by atoms with Crippen molar-refractivity contribution >= 4 is 0 Å². The van der Waals surface area contributed by atoms with Crippen LogP contribution in [0.1, 0.15) is 62.7 Å². The fourth-order valence-corrected chi connectivity index (χ4v) is 2.07. The minimum Gasteiger partial charge on any atom is -0.339 e. The lowest BCUT2D eigenvalue weighted by atomic mass is 9.89. The summed E-state index contributed by atoms with van der Waals surface area (Å²) in [5, 5.41) is 7.13. The summed E-state index contributed by atoms with van der Waals surface area (Å²) in [6, 6.07) is 0.172. The van der Waals surface area contributed by atoms with E-state index in [9.17, 15) is 0 Å². The van der Waals surface area contributed by atoms with Gasteiger partial charge in [-0.1, -0.05) is 24.4 Å². The molecule has 1 atom stereocenters. The first-order valence-corrected chi connectivity index (χ1v) is 5.82. The third-order valence-corrected chi connectivity index (χ3v) is 3.23. The van der Waals surface area contributed by atoms with E-state index >= 15 is 0 Å². The Kier molecular flexibility index (Phi) is 3.36. The zero-order valence-corrected chi connectivity index (χ0v) is 9.49. The molecule has 1 aromatic heterocycles. The predicted octanol–water partition coefficient (Wildman–Crippen LogP) is 2.40. The molecule has 0 saturated heterocycles. The van der Waals surface area contributed by atoms with Crippen LogP contribution in [-0.2, 0) is 0 Å². The second-order valence-corrected chi connectivity index (χ2v) is 4.34. The van der Waals surface area contributed by atoms with E-state index in [0.29, 0.717) is 5.92 Å². The summed E-state index contributed by atoms with van der Waals surface area (Å²) in [6.07, 6.45) is 6.35. The summed E-state index contributed by atoms with van der Waals surface area (Å²) >= 11 is 0. The molecule has 4 heteroatoms. The van der Waals surface area contributed by atoms with Gasteiger partial charge in [0.05, 0.1) is 6.04 Å². The Morgan fingerprint density at radius 1 is 1.33 bits per heavy atom. The maximum Gasteiger partial charge on any atom is 0.229 e. The maximum atomic E-state index is 5.33. The number of rotatable bonds is 3. The molecule has 0 bridgehead atoms. The van der Waals surface area contributed by atoms with Gasteiger partial charge in [-0.3, -0.25) is 0 Å². The first-order chi connectivity index (χ1) is 7.31. The number of nitrogens with one attached hydrogen (secondary N) is 1. The van der Waals surface area contributed by atoms with Crippen LogP contribution in [0.5, 0.6) is 0 Å². The molecular formula is C11H19N3O. The van der Waals surface area contributed by atoms with E-state index in [1.165, 1.54) is 32.1 Å². The number of hydrogen-bond donors (Lipinski definition) is 1. The van der Waals surface area contributed by atoms with Gasteiger partial charge < -0.3 is 9.84 Å². The summed E-state index contributed by atoms with van der Waals surface area (Å²) in [5.41, 5.74) is 0. The standard InChI is InChI=1S/C11H19N3O/c1-8(12-2)10-13-11(15-14-10)9-6-4-3-5-7-9/h8-9,12H,3-7H2,1-2H3. The van der Waals surface area contributed by atoms with Gasteiger partial charge in [0.1, 0.15) is 0 Å². The fraction of sp³-hybridized carbons (Fsp3) is 0.818. The highest BCUT2D eigenvalue weighted by atomic mass is 16.5. The van der Waals surface area contributed by atoms with Crippen LogP contribution in [0.4, 0.5) is 0 Å². The topological polar surface area (TPSA) is 51.0 Å². The van der Waals surface area contributed by atoms with E-state index in [1.54, 1.807) is 0 Å². The van der Waals surface area contributed by atoms with Gasteiger partial charge in [-0.2, -0.15) is 4.98 Å². The van der Waals surface area contributed by atoms with Gasteiger partial charge in [0.15, 0.2) is 5.82 Å². The van der Waals surface area contributed by atoms with Gasteiger partial charge in [0.25, 0.3) is 0 Å². The van der Waals surface area contributed by atoms with Crippen LogP contribution < -0.4 is 5.32 Å². The maximum absolute atomic E-state index is 5.33. The Balaban J connectivity index is 2.05. The molecular weight excluding hydrogens is 190 g/mol. The lowest BCUT2D eigenvalue weighted by Crippen LogP contribution is -2.14. The van der Waals surface area contributed by atoms with Crippen molar-refractivity contribution in [3.63, 3.8) is 0 Å². The normalized spacial score (nSPS) is 20.4. The molecule has 1 aliphatic carbocycles. The predicted molar refractivity (Wildman–Crippen MR) is 57.6 cm³/mol. The molecule has 1 fully saturated rings. The van der Waals surface area contributed by atoms with Crippen LogP contribution >= 0.6 is 0 Å². The summed E-state index contributed by atoms with van der Waals surface area (Å²) in [4.78, 5) is 4.46. The largest absolute Gasteiger partial charge is 0.339 e. The molecule has 0 amide bonds. The summed E-state index contributed by atoms with van der Waals surface area (Å²) in [7, 11) is 1.90. The zero-order valence-electron chi connectivity index (χ0n) is 9.49. The van der Waals surface area contributed by atoms with Gasteiger partial charge in [0.2, 0.25) is 5.89 Å². The Bertz CT molecular complexity index is 305. The molecule has 0 aliphatic heterocycles. The average molecular weight is 209 g/mol. The van der Waals surface area contributed by atoms with Gasteiger partial charge in [0, 0.05) is 5.92 Å². The van der Waals surface area contributed by atoms with Crippen LogP contribution in [0.25, 0.3) is 0 Å². The highest BCUT2D eigenvalue weighted by molar-refractivity contribution is 4.98. The molecule has 1 aliphatic rings. The Hall–Kier alpha value is -0.900. The quantitative estimate of drug-likeness (QED) is 0.830. The van der Waals surface area contributed by atoms with Crippen molar-refractivity contribution in [2.24, 2.45) is 0 Å². The summed E-state index contributed by atoms with van der Waals surface area (Å²) in [6.45, 7) is 2.04. The van der Waals surface area contributed by atoms with Crippen LogP contribution in [0.15, 0.2) is 4.52 Å². The first kappa shape index (κ1) is 10.6. The van der Waals surface area contributed by atoms with Crippen molar-refractivity contribution in [3.05, 3.63) is 11.7 Å². The number of nitrogens with zero attached hydrogens (tertiary/aromatic N) is 2. The number of hydrogen-bond acceptors (Lipinski definition) is 4. The van der Waals surface area contributed by atoms with Crippen molar-refractivity contribution < 1.29 is 4.52 Å². The highest BCUT2D eigenvalue weighted by Gasteiger charge is 2.22. The second-order valence-electron chi connectivity index (χ2n) is 4.34. The van der Waals surface area contributed by atoms with E-state index in [0.717, 1.165) is 11.7 Å². The minimum atomic E-state index is 0.172. The summed E-state index contributed by atoms with van der Waals surface area (Å²) in [5.74, 6) is 2.12. The van der Waals surface area contributed by atoms with Crippen LogP contribution in [0.2, 0.25) is 0 Å². The molecule has 1 heterocycles. The monoisotopic (exact) mass is 209 g/mol. The molecule has 1 aromatic rings.